The van der Waals surface area contributed by atoms with Crippen LogP contribution in [0.15, 0.2) is 24.3 Å². The Kier molecular flexibility index (Phi) is 4.17. The van der Waals surface area contributed by atoms with Crippen LogP contribution in [0.5, 0.6) is 0 Å². The molecule has 0 heterocycles. The molecule has 0 aliphatic heterocycles. The lowest BCUT2D eigenvalue weighted by molar-refractivity contribution is -0.113. The van der Waals surface area contributed by atoms with Crippen LogP contribution in [0.1, 0.15) is 0 Å². The molecule has 90 valence electrons. The third kappa shape index (κ3) is 4.61. The number of sulfone groups is 1. The smallest absolute Gasteiger partial charge is 0.239 e. The van der Waals surface area contributed by atoms with Crippen LogP contribution in [0.3, 0.4) is 0 Å². The molecule has 7 heteroatoms. The molecular weight excluding hydrogens is 247 g/mol. The molecule has 1 aromatic carbocycles. The van der Waals surface area contributed by atoms with Crippen LogP contribution in [0.4, 0.5) is 10.1 Å². The number of carbonyl (C=O) groups excluding carboxylic acids is 1. The fourth-order valence-electron chi connectivity index (χ4n) is 1.08. The second-order valence-corrected chi connectivity index (χ2v) is 5.31. The van der Waals surface area contributed by atoms with Crippen molar-refractivity contribution in [1.82, 2.24) is 0 Å². The summed E-state index contributed by atoms with van der Waals surface area (Å²) < 4.78 is 34.8. The lowest BCUT2D eigenvalue weighted by Gasteiger charge is -2.04. The normalized spacial score (nSPS) is 10.6. The largest absolute Gasteiger partial charge is 0.325 e. The minimum absolute atomic E-state index is 0.295. The summed E-state index contributed by atoms with van der Waals surface area (Å²) in [5, 5.41) is 10.5. The molecule has 1 rings (SSSR count). The quantitative estimate of drug-likeness (QED) is 0.859. The van der Waals surface area contributed by atoms with Gasteiger partial charge in [0.25, 0.3) is 0 Å². The molecule has 1 N–H and O–H groups in total. The molecule has 1 aromatic rings. The number of hydrogen-bond acceptors (Lipinski definition) is 4. The first-order valence-corrected chi connectivity index (χ1v) is 6.38. The maximum atomic E-state index is 12.6. The summed E-state index contributed by atoms with van der Waals surface area (Å²) in [5.74, 6) is -2.69. The molecule has 1 amide bonds. The Morgan fingerprint density at radius 1 is 1.35 bits per heavy atom. The highest BCUT2D eigenvalue weighted by molar-refractivity contribution is 7.92. The summed E-state index contributed by atoms with van der Waals surface area (Å²) >= 11 is 0. The van der Waals surface area contributed by atoms with Gasteiger partial charge in [0.05, 0.1) is 6.07 Å². The van der Waals surface area contributed by atoms with E-state index in [0.717, 1.165) is 12.1 Å². The van der Waals surface area contributed by atoms with E-state index in [1.54, 1.807) is 0 Å². The number of nitrogens with zero attached hydrogens (tertiary/aromatic N) is 1. The van der Waals surface area contributed by atoms with Crippen molar-refractivity contribution >= 4 is 21.4 Å². The van der Waals surface area contributed by atoms with Gasteiger partial charge >= 0.3 is 0 Å². The summed E-state index contributed by atoms with van der Waals surface area (Å²) in [6.07, 6.45) is 0. The minimum Gasteiger partial charge on any atom is -0.325 e. The van der Waals surface area contributed by atoms with Gasteiger partial charge in [-0.15, -0.1) is 0 Å². The van der Waals surface area contributed by atoms with Crippen LogP contribution < -0.4 is 5.32 Å². The predicted molar refractivity (Wildman–Crippen MR) is 59.3 cm³/mol. The average Bonchev–Trinajstić information content (AvgIpc) is 2.20. The van der Waals surface area contributed by atoms with Gasteiger partial charge in [0.1, 0.15) is 17.3 Å². The monoisotopic (exact) mass is 256 g/mol. The van der Waals surface area contributed by atoms with Crippen LogP contribution in [0.25, 0.3) is 0 Å². The Hall–Kier alpha value is -1.94. The van der Waals surface area contributed by atoms with Crippen molar-refractivity contribution in [3.05, 3.63) is 30.1 Å². The van der Waals surface area contributed by atoms with Crippen LogP contribution in [-0.4, -0.2) is 25.8 Å². The number of halogens is 1. The number of carbonyl (C=O) groups is 1. The highest BCUT2D eigenvalue weighted by atomic mass is 32.2. The van der Waals surface area contributed by atoms with E-state index in [9.17, 15) is 17.6 Å². The van der Waals surface area contributed by atoms with Crippen LogP contribution >= 0.6 is 0 Å². The second-order valence-electron chi connectivity index (χ2n) is 3.25. The molecule has 0 aliphatic carbocycles. The van der Waals surface area contributed by atoms with E-state index in [0.29, 0.717) is 5.69 Å². The second kappa shape index (κ2) is 5.41. The van der Waals surface area contributed by atoms with Gasteiger partial charge in [-0.2, -0.15) is 5.26 Å². The molecule has 0 spiro atoms. The number of nitrogens with one attached hydrogen (secondary N) is 1. The topological polar surface area (TPSA) is 87.0 Å². The van der Waals surface area contributed by atoms with Crippen LogP contribution in [0.2, 0.25) is 0 Å². The summed E-state index contributed by atoms with van der Waals surface area (Å²) in [6.45, 7) is 0. The van der Waals surface area contributed by atoms with Crippen molar-refractivity contribution in [1.29, 1.82) is 5.26 Å². The zero-order valence-corrected chi connectivity index (χ0v) is 9.50. The SMILES string of the molecule is N#CCS(=O)(=O)CC(=O)Nc1ccc(F)cc1. The first-order chi connectivity index (χ1) is 7.93. The van der Waals surface area contributed by atoms with Crippen molar-refractivity contribution in [2.45, 2.75) is 0 Å². The summed E-state index contributed by atoms with van der Waals surface area (Å²) in [7, 11) is -3.71. The van der Waals surface area contributed by atoms with Crippen LogP contribution in [0, 0.1) is 17.1 Å². The molecule has 0 aromatic heterocycles. The van der Waals surface area contributed by atoms with Crippen molar-refractivity contribution < 1.29 is 17.6 Å². The first-order valence-electron chi connectivity index (χ1n) is 4.56. The van der Waals surface area contributed by atoms with E-state index < -0.39 is 33.1 Å². The number of amides is 1. The van der Waals surface area contributed by atoms with Crippen molar-refractivity contribution in [2.75, 3.05) is 16.8 Å². The standard InChI is InChI=1S/C10H9FN2O3S/c11-8-1-3-9(4-2-8)13-10(14)7-17(15,16)6-5-12/h1-4H,6-7H2,(H,13,14). The molecule has 0 radical (unpaired) electrons. The first kappa shape index (κ1) is 13.1. The van der Waals surface area contributed by atoms with Gasteiger partial charge < -0.3 is 5.32 Å². The molecule has 0 bridgehead atoms. The number of hydrogen-bond donors (Lipinski definition) is 1. The molecule has 0 unspecified atom stereocenters. The highest BCUT2D eigenvalue weighted by Gasteiger charge is 2.16. The predicted octanol–water partition coefficient (Wildman–Crippen LogP) is 0.703. The number of benzene rings is 1. The van der Waals surface area contributed by atoms with Gasteiger partial charge in [-0.1, -0.05) is 0 Å². The Balaban J connectivity index is 2.62. The molecule has 5 nitrogen and oxygen atoms in total. The highest BCUT2D eigenvalue weighted by Crippen LogP contribution is 2.08. The van der Waals surface area contributed by atoms with Gasteiger partial charge in [0.15, 0.2) is 9.84 Å². The molecule has 0 fully saturated rings. The third-order valence-electron chi connectivity index (χ3n) is 1.76. The van der Waals surface area contributed by atoms with E-state index >= 15 is 0 Å². The molecule has 0 saturated heterocycles. The maximum absolute atomic E-state index is 12.6. The van der Waals surface area contributed by atoms with Gasteiger partial charge in [0, 0.05) is 5.69 Å². The number of anilines is 1. The van der Waals surface area contributed by atoms with E-state index in [-0.39, 0.29) is 0 Å². The zero-order chi connectivity index (χ0) is 12.9. The summed E-state index contributed by atoms with van der Waals surface area (Å²) in [5.41, 5.74) is 0.295. The molecule has 0 aliphatic rings. The minimum atomic E-state index is -3.71. The molecule has 0 saturated carbocycles. The zero-order valence-electron chi connectivity index (χ0n) is 8.68. The fraction of sp³-hybridized carbons (Fsp3) is 0.200. The Morgan fingerprint density at radius 3 is 2.47 bits per heavy atom. The lowest BCUT2D eigenvalue weighted by Crippen LogP contribution is -2.24. The number of nitriles is 1. The number of rotatable bonds is 4. The Labute approximate surface area is 97.8 Å². The lowest BCUT2D eigenvalue weighted by atomic mass is 10.3. The van der Waals surface area contributed by atoms with E-state index in [2.05, 4.69) is 5.32 Å². The van der Waals surface area contributed by atoms with E-state index in [4.69, 9.17) is 5.26 Å². The van der Waals surface area contributed by atoms with Crippen LogP contribution in [-0.2, 0) is 14.6 Å². The van der Waals surface area contributed by atoms with E-state index in [1.165, 1.54) is 18.2 Å². The molecule has 0 atom stereocenters. The molecule has 17 heavy (non-hydrogen) atoms. The fourth-order valence-corrected chi connectivity index (χ4v) is 1.85. The van der Waals surface area contributed by atoms with E-state index in [1.807, 2.05) is 0 Å². The van der Waals surface area contributed by atoms with Gasteiger partial charge in [-0.05, 0) is 24.3 Å². The van der Waals surface area contributed by atoms with Gasteiger partial charge in [0.2, 0.25) is 5.91 Å². The van der Waals surface area contributed by atoms with Crippen molar-refractivity contribution in [3.8, 4) is 6.07 Å². The maximum Gasteiger partial charge on any atom is 0.239 e. The van der Waals surface area contributed by atoms with Crippen molar-refractivity contribution in [2.24, 2.45) is 0 Å². The van der Waals surface area contributed by atoms with Gasteiger partial charge in [-0.3, -0.25) is 4.79 Å². The summed E-state index contributed by atoms with van der Waals surface area (Å²) in [4.78, 5) is 11.3. The molecular formula is C10H9FN2O3S. The Morgan fingerprint density at radius 2 is 1.94 bits per heavy atom. The average molecular weight is 256 g/mol. The Bertz CT molecular complexity index is 546. The van der Waals surface area contributed by atoms with Crippen molar-refractivity contribution in [3.63, 3.8) is 0 Å². The summed E-state index contributed by atoms with van der Waals surface area (Å²) in [6, 6.07) is 6.36. The third-order valence-corrected chi connectivity index (χ3v) is 3.03. The van der Waals surface area contributed by atoms with Gasteiger partial charge in [-0.25, -0.2) is 12.8 Å².